The SMILES string of the molecule is COc1cccc(-c2ccc(N)c(C(=O)c3cc(OC)c(OC)c(OC)c3)c2)n1. The van der Waals surface area contributed by atoms with Crippen molar-refractivity contribution in [3.8, 4) is 34.4 Å². The Morgan fingerprint density at radius 3 is 2.14 bits per heavy atom. The predicted molar refractivity (Wildman–Crippen MR) is 110 cm³/mol. The molecule has 2 aromatic carbocycles. The maximum atomic E-state index is 13.2. The molecule has 0 spiro atoms. The molecule has 7 nitrogen and oxygen atoms in total. The lowest BCUT2D eigenvalue weighted by Gasteiger charge is -2.14. The van der Waals surface area contributed by atoms with Gasteiger partial charge in [0.25, 0.3) is 0 Å². The van der Waals surface area contributed by atoms with Crippen LogP contribution >= 0.6 is 0 Å². The Labute approximate surface area is 169 Å². The number of aromatic nitrogens is 1. The second-order valence-electron chi connectivity index (χ2n) is 6.11. The van der Waals surface area contributed by atoms with Crippen molar-refractivity contribution in [1.82, 2.24) is 4.98 Å². The van der Waals surface area contributed by atoms with Crippen LogP contribution in [0.25, 0.3) is 11.3 Å². The molecular weight excluding hydrogens is 372 g/mol. The fourth-order valence-corrected chi connectivity index (χ4v) is 2.97. The van der Waals surface area contributed by atoms with Gasteiger partial charge in [-0.05, 0) is 30.3 Å². The highest BCUT2D eigenvalue weighted by atomic mass is 16.5. The van der Waals surface area contributed by atoms with E-state index < -0.39 is 0 Å². The van der Waals surface area contributed by atoms with Gasteiger partial charge in [-0.3, -0.25) is 4.79 Å². The van der Waals surface area contributed by atoms with Gasteiger partial charge in [0.05, 0.1) is 34.1 Å². The molecule has 0 fully saturated rings. The van der Waals surface area contributed by atoms with Crippen molar-refractivity contribution in [2.24, 2.45) is 0 Å². The van der Waals surface area contributed by atoms with E-state index in [0.717, 1.165) is 5.56 Å². The summed E-state index contributed by atoms with van der Waals surface area (Å²) in [5.74, 6) is 1.40. The van der Waals surface area contributed by atoms with Gasteiger partial charge in [0, 0.05) is 28.4 Å². The van der Waals surface area contributed by atoms with Crippen molar-refractivity contribution in [2.45, 2.75) is 0 Å². The normalized spacial score (nSPS) is 10.3. The lowest BCUT2D eigenvalue weighted by molar-refractivity contribution is 0.103. The zero-order valence-corrected chi connectivity index (χ0v) is 16.7. The summed E-state index contributed by atoms with van der Waals surface area (Å²) < 4.78 is 21.2. The Morgan fingerprint density at radius 2 is 1.55 bits per heavy atom. The fraction of sp³-hybridized carbons (Fsp3) is 0.182. The number of nitrogen functional groups attached to an aromatic ring is 1. The molecule has 3 aromatic rings. The number of ketones is 1. The van der Waals surface area contributed by atoms with Crippen LogP contribution < -0.4 is 24.7 Å². The molecule has 0 aliphatic carbocycles. The van der Waals surface area contributed by atoms with Crippen LogP contribution in [0.4, 0.5) is 5.69 Å². The van der Waals surface area contributed by atoms with Gasteiger partial charge in [-0.1, -0.05) is 12.1 Å². The van der Waals surface area contributed by atoms with Crippen LogP contribution in [0, 0.1) is 0 Å². The molecule has 3 rings (SSSR count). The topological polar surface area (TPSA) is 92.9 Å². The Hall–Kier alpha value is -3.74. The number of pyridine rings is 1. The third-order valence-corrected chi connectivity index (χ3v) is 4.45. The lowest BCUT2D eigenvalue weighted by atomic mass is 9.97. The summed E-state index contributed by atoms with van der Waals surface area (Å²) in [5.41, 5.74) is 8.59. The van der Waals surface area contributed by atoms with E-state index in [9.17, 15) is 4.79 Å². The number of carbonyl (C=O) groups is 1. The zero-order chi connectivity index (χ0) is 21.0. The van der Waals surface area contributed by atoms with Crippen molar-refractivity contribution >= 4 is 11.5 Å². The summed E-state index contributed by atoms with van der Waals surface area (Å²) in [5, 5.41) is 0. The number of hydrogen-bond acceptors (Lipinski definition) is 7. The molecule has 1 heterocycles. The fourth-order valence-electron chi connectivity index (χ4n) is 2.97. The van der Waals surface area contributed by atoms with Crippen LogP contribution in [0.15, 0.2) is 48.5 Å². The minimum Gasteiger partial charge on any atom is -0.493 e. The average Bonchev–Trinajstić information content (AvgIpc) is 2.77. The van der Waals surface area contributed by atoms with E-state index in [-0.39, 0.29) is 5.78 Å². The summed E-state index contributed by atoms with van der Waals surface area (Å²) in [6.07, 6.45) is 0. The Morgan fingerprint density at radius 1 is 0.862 bits per heavy atom. The minimum absolute atomic E-state index is 0.272. The van der Waals surface area contributed by atoms with Gasteiger partial charge in [0.2, 0.25) is 11.6 Å². The van der Waals surface area contributed by atoms with Gasteiger partial charge >= 0.3 is 0 Å². The molecule has 150 valence electrons. The van der Waals surface area contributed by atoms with Crippen LogP contribution in [0.5, 0.6) is 23.1 Å². The number of hydrogen-bond donors (Lipinski definition) is 1. The standard InChI is InChI=1S/C22H22N2O5/c1-26-18-11-14(12-19(27-2)22(18)29-4)21(25)15-10-13(8-9-16(15)23)17-6-5-7-20(24-17)28-3/h5-12H,23H2,1-4H3. The molecule has 0 unspecified atom stereocenters. The molecule has 1 aromatic heterocycles. The van der Waals surface area contributed by atoms with E-state index >= 15 is 0 Å². The second-order valence-corrected chi connectivity index (χ2v) is 6.11. The number of anilines is 1. The van der Waals surface area contributed by atoms with Crippen molar-refractivity contribution < 1.29 is 23.7 Å². The summed E-state index contributed by atoms with van der Waals surface area (Å²) in [4.78, 5) is 17.6. The van der Waals surface area contributed by atoms with Crippen molar-refractivity contribution in [3.05, 3.63) is 59.7 Å². The molecule has 0 atom stereocenters. The van der Waals surface area contributed by atoms with Gasteiger partial charge in [-0.15, -0.1) is 0 Å². The van der Waals surface area contributed by atoms with Crippen molar-refractivity contribution in [2.75, 3.05) is 34.2 Å². The summed E-state index contributed by atoms with van der Waals surface area (Å²) in [6.45, 7) is 0. The smallest absolute Gasteiger partial charge is 0.213 e. The van der Waals surface area contributed by atoms with E-state index in [1.807, 2.05) is 18.2 Å². The molecular formula is C22H22N2O5. The van der Waals surface area contributed by atoms with E-state index in [0.29, 0.717) is 45.6 Å². The van der Waals surface area contributed by atoms with Crippen molar-refractivity contribution in [1.29, 1.82) is 0 Å². The van der Waals surface area contributed by atoms with E-state index in [2.05, 4.69) is 4.98 Å². The number of benzene rings is 2. The van der Waals surface area contributed by atoms with Gasteiger partial charge < -0.3 is 24.7 Å². The third-order valence-electron chi connectivity index (χ3n) is 4.45. The van der Waals surface area contributed by atoms with Crippen molar-refractivity contribution in [3.63, 3.8) is 0 Å². The zero-order valence-electron chi connectivity index (χ0n) is 16.7. The molecule has 0 radical (unpaired) electrons. The first-order valence-corrected chi connectivity index (χ1v) is 8.78. The van der Waals surface area contributed by atoms with Crippen LogP contribution in [-0.2, 0) is 0 Å². The quantitative estimate of drug-likeness (QED) is 0.483. The minimum atomic E-state index is -0.272. The van der Waals surface area contributed by atoms with E-state index in [1.165, 1.54) is 21.3 Å². The first-order valence-electron chi connectivity index (χ1n) is 8.78. The molecule has 7 heteroatoms. The second kappa shape index (κ2) is 8.52. The van der Waals surface area contributed by atoms with Crippen LogP contribution in [0.3, 0.4) is 0 Å². The van der Waals surface area contributed by atoms with Crippen LogP contribution in [-0.4, -0.2) is 39.2 Å². The Kier molecular flexibility index (Phi) is 5.87. The van der Waals surface area contributed by atoms with E-state index in [4.69, 9.17) is 24.7 Å². The Bertz CT molecular complexity index is 1020. The molecule has 0 saturated heterocycles. The predicted octanol–water partition coefficient (Wildman–Crippen LogP) is 3.60. The van der Waals surface area contributed by atoms with E-state index in [1.54, 1.807) is 37.4 Å². The largest absolute Gasteiger partial charge is 0.493 e. The molecule has 0 bridgehead atoms. The first-order chi connectivity index (χ1) is 14.0. The number of methoxy groups -OCH3 is 4. The summed E-state index contributed by atoms with van der Waals surface area (Å²) in [6, 6.07) is 13.8. The highest BCUT2D eigenvalue weighted by Gasteiger charge is 2.20. The lowest BCUT2D eigenvalue weighted by Crippen LogP contribution is -2.07. The number of carbonyl (C=O) groups excluding carboxylic acids is 1. The molecule has 0 saturated carbocycles. The third kappa shape index (κ3) is 3.94. The number of ether oxygens (including phenoxy) is 4. The number of rotatable bonds is 7. The Balaban J connectivity index is 2.08. The van der Waals surface area contributed by atoms with Crippen LogP contribution in [0.2, 0.25) is 0 Å². The maximum absolute atomic E-state index is 13.2. The monoisotopic (exact) mass is 394 g/mol. The van der Waals surface area contributed by atoms with Crippen LogP contribution in [0.1, 0.15) is 15.9 Å². The number of nitrogens with two attached hydrogens (primary N) is 1. The summed E-state index contributed by atoms with van der Waals surface area (Å²) in [7, 11) is 6.04. The number of nitrogens with zero attached hydrogens (tertiary/aromatic N) is 1. The molecule has 0 aliphatic rings. The summed E-state index contributed by atoms with van der Waals surface area (Å²) >= 11 is 0. The highest BCUT2D eigenvalue weighted by molar-refractivity contribution is 6.13. The average molecular weight is 394 g/mol. The molecule has 0 amide bonds. The maximum Gasteiger partial charge on any atom is 0.213 e. The molecule has 0 aliphatic heterocycles. The highest BCUT2D eigenvalue weighted by Crippen LogP contribution is 2.39. The van der Waals surface area contributed by atoms with Gasteiger partial charge in [-0.2, -0.15) is 0 Å². The first kappa shape index (κ1) is 20.0. The van der Waals surface area contributed by atoms with Gasteiger partial charge in [-0.25, -0.2) is 4.98 Å². The van der Waals surface area contributed by atoms with Gasteiger partial charge in [0.1, 0.15) is 0 Å². The van der Waals surface area contributed by atoms with Gasteiger partial charge in [0.15, 0.2) is 17.3 Å². The molecule has 2 N–H and O–H groups in total. The molecule has 29 heavy (non-hydrogen) atoms.